The fourth-order valence-corrected chi connectivity index (χ4v) is 3.20. The second kappa shape index (κ2) is 6.89. The summed E-state index contributed by atoms with van der Waals surface area (Å²) in [5, 5.41) is 11.0. The molecule has 0 unspecified atom stereocenters. The quantitative estimate of drug-likeness (QED) is 0.908. The summed E-state index contributed by atoms with van der Waals surface area (Å²) < 4.78 is 25.2. The second-order valence-corrected chi connectivity index (χ2v) is 6.18. The van der Waals surface area contributed by atoms with Crippen molar-refractivity contribution in [2.75, 3.05) is 36.5 Å². The van der Waals surface area contributed by atoms with E-state index in [9.17, 15) is 4.39 Å². The molecule has 132 valence electrons. The Hall–Kier alpha value is -2.32. The van der Waals surface area contributed by atoms with E-state index in [1.54, 1.807) is 24.4 Å². The van der Waals surface area contributed by atoms with Crippen LogP contribution >= 0.6 is 0 Å². The van der Waals surface area contributed by atoms with E-state index >= 15 is 0 Å². The molecule has 0 saturated carbocycles. The molecule has 0 radical (unpaired) electrons. The van der Waals surface area contributed by atoms with Crippen LogP contribution in [0.1, 0.15) is 18.4 Å². The number of rotatable bonds is 4. The molecule has 4 rings (SSSR count). The molecule has 2 aliphatic rings. The molecular weight excluding hydrogens is 325 g/mol. The van der Waals surface area contributed by atoms with Gasteiger partial charge >= 0.3 is 0 Å². The summed E-state index contributed by atoms with van der Waals surface area (Å²) in [4.78, 5) is 6.63. The third-order valence-corrected chi connectivity index (χ3v) is 4.60. The molecule has 2 aliphatic heterocycles. The van der Waals surface area contributed by atoms with E-state index in [0.29, 0.717) is 31.3 Å². The van der Waals surface area contributed by atoms with E-state index < -0.39 is 5.79 Å². The maximum Gasteiger partial charge on any atom is 0.244 e. The van der Waals surface area contributed by atoms with E-state index in [-0.39, 0.29) is 5.82 Å². The molecule has 7 nitrogen and oxygen atoms in total. The summed E-state index contributed by atoms with van der Waals surface area (Å²) >= 11 is 0. The minimum Gasteiger partial charge on any atom is -0.355 e. The van der Waals surface area contributed by atoms with E-state index in [2.05, 4.69) is 25.4 Å². The van der Waals surface area contributed by atoms with Gasteiger partial charge in [0.2, 0.25) is 5.95 Å². The highest BCUT2D eigenvalue weighted by molar-refractivity contribution is 5.41. The maximum atomic E-state index is 13.7. The zero-order chi connectivity index (χ0) is 17.1. The molecule has 2 fully saturated rings. The summed E-state index contributed by atoms with van der Waals surface area (Å²) in [6, 6.07) is 6.62. The van der Waals surface area contributed by atoms with Crippen LogP contribution in [0.4, 0.5) is 16.2 Å². The van der Waals surface area contributed by atoms with Gasteiger partial charge in [-0.25, -0.2) is 4.39 Å². The second-order valence-electron chi connectivity index (χ2n) is 6.18. The lowest BCUT2D eigenvalue weighted by atomic mass is 10.0. The Morgan fingerprint density at radius 1 is 1.16 bits per heavy atom. The van der Waals surface area contributed by atoms with Crippen molar-refractivity contribution in [1.29, 1.82) is 0 Å². The van der Waals surface area contributed by atoms with Gasteiger partial charge in [-0.15, -0.1) is 5.10 Å². The Balaban J connectivity index is 1.39. The first kappa shape index (κ1) is 16.2. The number of hydrogen-bond acceptors (Lipinski definition) is 7. The largest absolute Gasteiger partial charge is 0.355 e. The standard InChI is InChI=1S/C17H20FN5O2/c18-14-4-2-1-3-13(14)11-19-16-21-15(12-20-22-16)23-7-5-17(6-8-23)24-9-10-25-17/h1-4,12H,5-11H2,(H,19,21,22). The highest BCUT2D eigenvalue weighted by Gasteiger charge is 2.40. The lowest BCUT2D eigenvalue weighted by Gasteiger charge is -2.37. The van der Waals surface area contributed by atoms with Gasteiger partial charge in [-0.1, -0.05) is 18.2 Å². The van der Waals surface area contributed by atoms with Crippen molar-refractivity contribution < 1.29 is 13.9 Å². The summed E-state index contributed by atoms with van der Waals surface area (Å²) in [5.41, 5.74) is 0.562. The number of nitrogens with one attached hydrogen (secondary N) is 1. The van der Waals surface area contributed by atoms with Crippen molar-refractivity contribution in [3.8, 4) is 0 Å². The normalized spacial score (nSPS) is 19.3. The predicted molar refractivity (Wildman–Crippen MR) is 89.6 cm³/mol. The third-order valence-electron chi connectivity index (χ3n) is 4.60. The Bertz CT molecular complexity index is 728. The number of nitrogens with zero attached hydrogens (tertiary/aromatic N) is 4. The number of piperidine rings is 1. The van der Waals surface area contributed by atoms with Gasteiger partial charge < -0.3 is 19.7 Å². The minimum atomic E-state index is -0.414. The van der Waals surface area contributed by atoms with E-state index in [0.717, 1.165) is 31.7 Å². The molecule has 0 bridgehead atoms. The average Bonchev–Trinajstić information content (AvgIpc) is 3.10. The smallest absolute Gasteiger partial charge is 0.244 e. The van der Waals surface area contributed by atoms with Crippen molar-refractivity contribution in [2.24, 2.45) is 0 Å². The van der Waals surface area contributed by atoms with Gasteiger partial charge in [-0.3, -0.25) is 0 Å². The molecule has 2 aromatic rings. The van der Waals surface area contributed by atoms with Gasteiger partial charge in [0, 0.05) is 38.0 Å². The molecule has 25 heavy (non-hydrogen) atoms. The predicted octanol–water partition coefficient (Wildman–Crippen LogP) is 1.97. The summed E-state index contributed by atoms with van der Waals surface area (Å²) in [6.45, 7) is 3.21. The van der Waals surface area contributed by atoms with Crippen molar-refractivity contribution in [3.05, 3.63) is 41.8 Å². The Labute approximate surface area is 145 Å². The lowest BCUT2D eigenvalue weighted by molar-refractivity contribution is -0.169. The van der Waals surface area contributed by atoms with Crippen LogP contribution < -0.4 is 10.2 Å². The van der Waals surface area contributed by atoms with Crippen LogP contribution in [-0.2, 0) is 16.0 Å². The topological polar surface area (TPSA) is 72.4 Å². The van der Waals surface area contributed by atoms with Crippen LogP contribution in [0.2, 0.25) is 0 Å². The van der Waals surface area contributed by atoms with Crippen LogP contribution in [-0.4, -0.2) is 47.3 Å². The first-order valence-electron chi connectivity index (χ1n) is 8.44. The minimum absolute atomic E-state index is 0.253. The SMILES string of the molecule is Fc1ccccc1CNc1nncc(N2CCC3(CC2)OCCO3)n1. The summed E-state index contributed by atoms with van der Waals surface area (Å²) in [6.07, 6.45) is 3.24. The average molecular weight is 345 g/mol. The maximum absolute atomic E-state index is 13.7. The third kappa shape index (κ3) is 3.54. The number of aromatic nitrogens is 3. The number of anilines is 2. The van der Waals surface area contributed by atoms with Gasteiger partial charge in [0.05, 0.1) is 19.4 Å². The highest BCUT2D eigenvalue weighted by Crippen LogP contribution is 2.32. The molecule has 1 spiro atoms. The summed E-state index contributed by atoms with van der Waals surface area (Å²) in [5.74, 6) is 0.466. The Morgan fingerprint density at radius 2 is 1.92 bits per heavy atom. The van der Waals surface area contributed by atoms with E-state index in [1.165, 1.54) is 6.07 Å². The Kier molecular flexibility index (Phi) is 4.46. The zero-order valence-electron chi connectivity index (χ0n) is 13.8. The van der Waals surface area contributed by atoms with Crippen molar-refractivity contribution in [2.45, 2.75) is 25.2 Å². The molecule has 2 saturated heterocycles. The van der Waals surface area contributed by atoms with Crippen LogP contribution in [0.5, 0.6) is 0 Å². The number of benzene rings is 1. The molecular formula is C17H20FN5O2. The molecule has 1 aromatic heterocycles. The van der Waals surface area contributed by atoms with Gasteiger partial charge in [0.25, 0.3) is 0 Å². The van der Waals surface area contributed by atoms with Gasteiger partial charge in [-0.2, -0.15) is 10.1 Å². The first-order chi connectivity index (χ1) is 12.2. The van der Waals surface area contributed by atoms with Crippen LogP contribution in [0, 0.1) is 5.82 Å². The molecule has 1 N–H and O–H groups in total. The molecule has 0 amide bonds. The van der Waals surface area contributed by atoms with E-state index in [4.69, 9.17) is 9.47 Å². The van der Waals surface area contributed by atoms with Crippen molar-refractivity contribution in [1.82, 2.24) is 15.2 Å². The van der Waals surface area contributed by atoms with Gasteiger partial charge in [0.1, 0.15) is 5.82 Å². The first-order valence-corrected chi connectivity index (χ1v) is 8.44. The highest BCUT2D eigenvalue weighted by atomic mass is 19.1. The van der Waals surface area contributed by atoms with Crippen molar-refractivity contribution in [3.63, 3.8) is 0 Å². The molecule has 0 atom stereocenters. The van der Waals surface area contributed by atoms with Crippen LogP contribution in [0.25, 0.3) is 0 Å². The van der Waals surface area contributed by atoms with Gasteiger partial charge in [-0.05, 0) is 6.07 Å². The van der Waals surface area contributed by atoms with Crippen molar-refractivity contribution >= 4 is 11.8 Å². The number of hydrogen-bond donors (Lipinski definition) is 1. The monoisotopic (exact) mass is 345 g/mol. The number of ether oxygens (including phenoxy) is 2. The number of halogens is 1. The van der Waals surface area contributed by atoms with E-state index in [1.807, 2.05) is 0 Å². The lowest BCUT2D eigenvalue weighted by Crippen LogP contribution is -2.45. The Morgan fingerprint density at radius 3 is 2.68 bits per heavy atom. The molecule has 3 heterocycles. The fourth-order valence-electron chi connectivity index (χ4n) is 3.20. The molecule has 1 aromatic carbocycles. The summed E-state index contributed by atoms with van der Waals surface area (Å²) in [7, 11) is 0. The zero-order valence-corrected chi connectivity index (χ0v) is 13.8. The van der Waals surface area contributed by atoms with Gasteiger partial charge in [0.15, 0.2) is 11.6 Å². The van der Waals surface area contributed by atoms with Crippen LogP contribution in [0.3, 0.4) is 0 Å². The fraction of sp³-hybridized carbons (Fsp3) is 0.471. The van der Waals surface area contributed by atoms with Crippen LogP contribution in [0.15, 0.2) is 30.5 Å². The molecule has 0 aliphatic carbocycles. The molecule has 8 heteroatoms.